The van der Waals surface area contributed by atoms with Crippen molar-refractivity contribution in [1.82, 2.24) is 0 Å². The summed E-state index contributed by atoms with van der Waals surface area (Å²) in [4.78, 5) is 12.2. The van der Waals surface area contributed by atoms with Crippen LogP contribution < -0.4 is 4.90 Å². The summed E-state index contributed by atoms with van der Waals surface area (Å²) in [7, 11) is -18.0. The lowest BCUT2D eigenvalue weighted by molar-refractivity contribution is -0.437. The summed E-state index contributed by atoms with van der Waals surface area (Å²) in [6.45, 7) is 7.69. The van der Waals surface area contributed by atoms with Gasteiger partial charge in [0.1, 0.15) is 16.7 Å². The summed E-state index contributed by atoms with van der Waals surface area (Å²) in [5, 5.41) is 10.5. The molecule has 2 aliphatic heterocycles. The molecule has 332 valence electrons. The first kappa shape index (κ1) is 47.8. The lowest BCUT2D eigenvalue weighted by Crippen LogP contribution is -2.30. The Balaban J connectivity index is 1.59. The third kappa shape index (κ3) is 11.0. The second kappa shape index (κ2) is 17.8. The van der Waals surface area contributed by atoms with Crippen LogP contribution in [0.2, 0.25) is 0 Å². The van der Waals surface area contributed by atoms with E-state index in [1.807, 2.05) is 48.5 Å². The van der Waals surface area contributed by atoms with Gasteiger partial charge in [-0.25, -0.2) is 8.42 Å². The van der Waals surface area contributed by atoms with Gasteiger partial charge in [-0.3, -0.25) is 18.5 Å². The second-order valence-electron chi connectivity index (χ2n) is 16.1. The summed E-state index contributed by atoms with van der Waals surface area (Å²) in [6.07, 6.45) is 10.6. The number of rotatable bonds is 19. The molecule has 1 unspecified atom stereocenters. The van der Waals surface area contributed by atoms with E-state index in [1.165, 1.54) is 30.3 Å². The zero-order chi connectivity index (χ0) is 45.3. The Hall–Kier alpha value is -4.28. The molecule has 16 nitrogen and oxygen atoms in total. The van der Waals surface area contributed by atoms with Crippen LogP contribution in [0.3, 0.4) is 0 Å². The molecule has 0 radical (unpaired) electrons. The first-order valence-electron chi connectivity index (χ1n) is 19.4. The highest BCUT2D eigenvalue weighted by molar-refractivity contribution is 7.86. The average molecular weight is 923 g/mol. The lowest BCUT2D eigenvalue weighted by Gasteiger charge is -2.30. The standard InChI is InChI=1S/C41H50N2O14S4/c1-28-25-30(61(55,56)57)26-32-31(28)17-19-35-39(32)40(2,3)36(43(35)22-12-24-59(49,50)51)13-7-5-8-14-37-41(4,20-10-6-9-15-38(44)45)33-27-29(60(52,53)54)16-18-34(33)42(37)21-11-23-58(46,47)48/h5,7-8,13-14,16-19,25-27H,6,9-12,15,20-24H2,1-4H3,(H4-,44,45,46,47,48,49,50,51,52,53,54,55,56,57). The normalized spacial score (nSPS) is 18.9. The Morgan fingerprint density at radius 3 is 2.08 bits per heavy atom. The molecule has 20 heteroatoms. The summed E-state index contributed by atoms with van der Waals surface area (Å²) in [6, 6.07) is 10.4. The van der Waals surface area contributed by atoms with Gasteiger partial charge in [-0.2, -0.15) is 29.8 Å². The molecule has 61 heavy (non-hydrogen) atoms. The van der Waals surface area contributed by atoms with E-state index in [2.05, 4.69) is 0 Å². The van der Waals surface area contributed by atoms with Crippen molar-refractivity contribution in [2.75, 3.05) is 29.5 Å². The fourth-order valence-electron chi connectivity index (χ4n) is 8.53. The Kier molecular flexibility index (Phi) is 14.0. The smallest absolute Gasteiger partial charge is 0.303 e. The number of carboxylic acids is 1. The predicted molar refractivity (Wildman–Crippen MR) is 230 cm³/mol. The van der Waals surface area contributed by atoms with E-state index in [0.29, 0.717) is 65.0 Å². The Morgan fingerprint density at radius 1 is 0.787 bits per heavy atom. The van der Waals surface area contributed by atoms with E-state index < -0.39 is 73.7 Å². The number of benzene rings is 3. The van der Waals surface area contributed by atoms with Gasteiger partial charge in [-0.15, -0.1) is 0 Å². The topological polar surface area (TPSA) is 264 Å². The Bertz CT molecular complexity index is 2830. The molecule has 0 saturated heterocycles. The quantitative estimate of drug-likeness (QED) is 0.0462. The van der Waals surface area contributed by atoms with Crippen molar-refractivity contribution >= 4 is 74.3 Å². The SMILES string of the molecule is Cc1cc(S(=O)(=O)O)cc2c3c(ccc12)[N+](CCCS(=O)(=O)O)=C(/C=C/C=C/C=C1\N(CCCS(=O)(=O)O)c2ccc(S(=O)(=O)[O-])cc2C1(C)CCCCCC(=O)O)C3(C)C. The summed E-state index contributed by atoms with van der Waals surface area (Å²) in [5.74, 6) is -1.99. The third-order valence-electron chi connectivity index (χ3n) is 11.3. The van der Waals surface area contributed by atoms with Crippen LogP contribution in [-0.4, -0.2) is 97.8 Å². The lowest BCUT2D eigenvalue weighted by atomic mass is 9.77. The summed E-state index contributed by atoms with van der Waals surface area (Å²) < 4.78 is 139. The molecule has 0 amide bonds. The number of allylic oxidation sites excluding steroid dienone is 6. The van der Waals surface area contributed by atoms with Gasteiger partial charge in [0, 0.05) is 53.9 Å². The van der Waals surface area contributed by atoms with Crippen LogP contribution in [0.15, 0.2) is 88.3 Å². The van der Waals surface area contributed by atoms with Crippen LogP contribution in [0.1, 0.15) is 82.4 Å². The number of aryl methyl sites for hydroxylation is 1. The van der Waals surface area contributed by atoms with E-state index in [1.54, 1.807) is 31.2 Å². The maximum atomic E-state index is 12.3. The maximum absolute atomic E-state index is 12.3. The van der Waals surface area contributed by atoms with Crippen molar-refractivity contribution in [3.05, 3.63) is 95.2 Å². The first-order valence-corrected chi connectivity index (χ1v) is 25.5. The van der Waals surface area contributed by atoms with Crippen molar-refractivity contribution in [3.63, 3.8) is 0 Å². The van der Waals surface area contributed by atoms with Crippen LogP contribution in [0.5, 0.6) is 0 Å². The van der Waals surface area contributed by atoms with E-state index in [4.69, 9.17) is 5.11 Å². The number of aliphatic carboxylic acids is 1. The molecule has 2 heterocycles. The third-order valence-corrected chi connectivity index (χ3v) is 14.6. The monoisotopic (exact) mass is 922 g/mol. The molecular weight excluding hydrogens is 873 g/mol. The number of unbranched alkanes of at least 4 members (excludes halogenated alkanes) is 2. The maximum Gasteiger partial charge on any atom is 0.303 e. The van der Waals surface area contributed by atoms with E-state index in [9.17, 15) is 56.7 Å². The molecule has 4 N–H and O–H groups in total. The van der Waals surface area contributed by atoms with Crippen molar-refractivity contribution in [2.45, 2.75) is 93.3 Å². The second-order valence-corrected chi connectivity index (χ2v) is 22.0. The zero-order valence-corrected chi connectivity index (χ0v) is 37.4. The fraction of sp³-hybridized carbons (Fsp3) is 0.415. The number of carboxylic acid groups (broad SMARTS) is 1. The van der Waals surface area contributed by atoms with Crippen LogP contribution >= 0.6 is 0 Å². The molecule has 0 aromatic heterocycles. The van der Waals surface area contributed by atoms with Gasteiger partial charge in [0.25, 0.3) is 30.4 Å². The molecule has 2 aliphatic rings. The highest BCUT2D eigenvalue weighted by Gasteiger charge is 2.46. The summed E-state index contributed by atoms with van der Waals surface area (Å²) >= 11 is 0. The largest absolute Gasteiger partial charge is 0.744 e. The average Bonchev–Trinajstić information content (AvgIpc) is 3.48. The van der Waals surface area contributed by atoms with E-state index >= 15 is 0 Å². The van der Waals surface area contributed by atoms with Crippen LogP contribution in [0.25, 0.3) is 10.8 Å². The Labute approximate surface area is 357 Å². The van der Waals surface area contributed by atoms with Crippen LogP contribution in [0.4, 0.5) is 11.4 Å². The number of hydrogen-bond donors (Lipinski definition) is 4. The van der Waals surface area contributed by atoms with Crippen LogP contribution in [0, 0.1) is 6.92 Å². The van der Waals surface area contributed by atoms with Crippen molar-refractivity contribution < 1.29 is 66.4 Å². The van der Waals surface area contributed by atoms with Gasteiger partial charge in [-0.1, -0.05) is 31.1 Å². The number of fused-ring (bicyclic) bond motifs is 4. The van der Waals surface area contributed by atoms with E-state index in [0.717, 1.165) is 10.9 Å². The van der Waals surface area contributed by atoms with Gasteiger partial charge < -0.3 is 14.6 Å². The minimum absolute atomic E-state index is 0.00313. The number of carbonyl (C=O) groups is 1. The molecule has 3 aromatic rings. The number of hydrogen-bond acceptors (Lipinski definition) is 11. The van der Waals surface area contributed by atoms with Crippen molar-refractivity contribution in [2.24, 2.45) is 0 Å². The predicted octanol–water partition coefficient (Wildman–Crippen LogP) is 6.04. The van der Waals surface area contributed by atoms with Gasteiger partial charge in [0.15, 0.2) is 5.71 Å². The van der Waals surface area contributed by atoms with Crippen molar-refractivity contribution in [3.8, 4) is 0 Å². The van der Waals surface area contributed by atoms with Gasteiger partial charge in [0.05, 0.1) is 26.7 Å². The minimum Gasteiger partial charge on any atom is -0.744 e. The van der Waals surface area contributed by atoms with Gasteiger partial charge >= 0.3 is 5.97 Å². The zero-order valence-electron chi connectivity index (χ0n) is 34.1. The van der Waals surface area contributed by atoms with Gasteiger partial charge in [0.2, 0.25) is 5.69 Å². The number of anilines is 1. The highest BCUT2D eigenvalue weighted by Crippen LogP contribution is 2.52. The minimum atomic E-state index is -4.86. The van der Waals surface area contributed by atoms with E-state index in [-0.39, 0.29) is 37.2 Å². The Morgan fingerprint density at radius 2 is 1.46 bits per heavy atom. The van der Waals surface area contributed by atoms with Crippen LogP contribution in [-0.2, 0) is 56.1 Å². The molecule has 5 rings (SSSR count). The molecule has 0 aliphatic carbocycles. The highest BCUT2D eigenvalue weighted by atomic mass is 32.2. The molecular formula is C41H50N2O14S4. The molecule has 0 spiro atoms. The molecule has 3 aromatic carbocycles. The first-order chi connectivity index (χ1) is 28.1. The molecule has 0 fully saturated rings. The van der Waals surface area contributed by atoms with Gasteiger partial charge in [-0.05, 0) is 111 Å². The fourth-order valence-corrected chi connectivity index (χ4v) is 10.6. The number of nitrogens with zero attached hydrogens (tertiary/aromatic N) is 2. The summed E-state index contributed by atoms with van der Waals surface area (Å²) in [5.41, 5.74) is 2.65. The van der Waals surface area contributed by atoms with Crippen molar-refractivity contribution in [1.29, 1.82) is 0 Å². The molecule has 1 atom stereocenters. The molecule has 0 saturated carbocycles. The molecule has 0 bridgehead atoms.